The second kappa shape index (κ2) is 6.68. The van der Waals surface area contributed by atoms with E-state index in [1.807, 2.05) is 17.2 Å². The molecule has 126 valence electrons. The van der Waals surface area contributed by atoms with Crippen molar-refractivity contribution in [1.29, 1.82) is 0 Å². The summed E-state index contributed by atoms with van der Waals surface area (Å²) in [6, 6.07) is 2.07. The highest BCUT2D eigenvalue weighted by Gasteiger charge is 2.23. The average molecular weight is 351 g/mol. The van der Waals surface area contributed by atoms with Gasteiger partial charge in [0.25, 0.3) is 5.91 Å². The first kappa shape index (κ1) is 15.8. The van der Waals surface area contributed by atoms with Crippen molar-refractivity contribution < 1.29 is 4.79 Å². The fourth-order valence-corrected chi connectivity index (χ4v) is 3.68. The number of aryl methyl sites for hydroxylation is 1. The van der Waals surface area contributed by atoms with Gasteiger partial charge < -0.3 is 4.90 Å². The lowest BCUT2D eigenvalue weighted by atomic mass is 10.0. The quantitative estimate of drug-likeness (QED) is 0.709. The van der Waals surface area contributed by atoms with Crippen LogP contribution in [0.5, 0.6) is 0 Å². The first-order chi connectivity index (χ1) is 12.2. The van der Waals surface area contributed by atoms with Gasteiger partial charge in [0, 0.05) is 47.9 Å². The molecule has 0 spiro atoms. The van der Waals surface area contributed by atoms with Crippen LogP contribution in [0.3, 0.4) is 0 Å². The molecule has 3 aromatic rings. The Balaban J connectivity index is 1.59. The highest BCUT2D eigenvalue weighted by molar-refractivity contribution is 7.08. The number of hydrogen-bond donors (Lipinski definition) is 0. The zero-order valence-electron chi connectivity index (χ0n) is 13.8. The predicted octanol–water partition coefficient (Wildman–Crippen LogP) is 2.54. The van der Waals surface area contributed by atoms with Crippen LogP contribution in [0.15, 0.2) is 35.5 Å². The standard InChI is InChI=1S/C18H17N5OS/c1-12-8-20-16(9-19-12)18(24)23-5-2-14-15(3-6-23)21-11-22-17(14)13-4-7-25-10-13/h4,7-11H,2-3,5-6H2,1H3. The third-order valence-corrected chi connectivity index (χ3v) is 5.05. The molecule has 7 heteroatoms. The summed E-state index contributed by atoms with van der Waals surface area (Å²) < 4.78 is 0. The number of amides is 1. The van der Waals surface area contributed by atoms with E-state index in [1.54, 1.807) is 30.1 Å². The zero-order valence-corrected chi connectivity index (χ0v) is 14.7. The summed E-state index contributed by atoms with van der Waals surface area (Å²) in [6.45, 7) is 3.11. The maximum Gasteiger partial charge on any atom is 0.274 e. The number of carbonyl (C=O) groups is 1. The summed E-state index contributed by atoms with van der Waals surface area (Å²) in [7, 11) is 0. The van der Waals surface area contributed by atoms with Crippen LogP contribution in [0.25, 0.3) is 11.3 Å². The minimum Gasteiger partial charge on any atom is -0.337 e. The Morgan fingerprint density at radius 1 is 1.12 bits per heavy atom. The summed E-state index contributed by atoms with van der Waals surface area (Å²) in [5, 5.41) is 4.14. The van der Waals surface area contributed by atoms with Crippen LogP contribution in [0.4, 0.5) is 0 Å². The Bertz CT molecular complexity index is 892. The second-order valence-corrected chi connectivity index (χ2v) is 6.77. The molecule has 4 rings (SSSR count). The molecule has 1 aliphatic rings. The molecule has 0 saturated carbocycles. The fourth-order valence-electron chi connectivity index (χ4n) is 3.04. The van der Waals surface area contributed by atoms with E-state index in [0.717, 1.165) is 41.1 Å². The van der Waals surface area contributed by atoms with Gasteiger partial charge in [-0.15, -0.1) is 0 Å². The van der Waals surface area contributed by atoms with Crippen molar-refractivity contribution in [2.45, 2.75) is 19.8 Å². The molecular weight excluding hydrogens is 334 g/mol. The number of nitrogens with zero attached hydrogens (tertiary/aromatic N) is 5. The van der Waals surface area contributed by atoms with E-state index in [1.165, 1.54) is 0 Å². The molecule has 0 atom stereocenters. The first-order valence-corrected chi connectivity index (χ1v) is 9.10. The molecule has 3 aromatic heterocycles. The van der Waals surface area contributed by atoms with E-state index in [0.29, 0.717) is 18.8 Å². The van der Waals surface area contributed by atoms with Gasteiger partial charge in [0.15, 0.2) is 0 Å². The number of carbonyl (C=O) groups excluding carboxylic acids is 1. The summed E-state index contributed by atoms with van der Waals surface area (Å²) >= 11 is 1.65. The normalized spacial score (nSPS) is 14.0. The van der Waals surface area contributed by atoms with Crippen molar-refractivity contribution in [3.63, 3.8) is 0 Å². The van der Waals surface area contributed by atoms with Crippen LogP contribution in [0.1, 0.15) is 27.4 Å². The topological polar surface area (TPSA) is 71.9 Å². The number of hydrogen-bond acceptors (Lipinski definition) is 6. The van der Waals surface area contributed by atoms with Gasteiger partial charge in [-0.2, -0.15) is 11.3 Å². The average Bonchev–Trinajstić information content (AvgIpc) is 3.08. The highest BCUT2D eigenvalue weighted by Crippen LogP contribution is 2.27. The summed E-state index contributed by atoms with van der Waals surface area (Å²) in [4.78, 5) is 31.9. The van der Waals surface area contributed by atoms with E-state index in [9.17, 15) is 4.79 Å². The lowest BCUT2D eigenvalue weighted by Gasteiger charge is -2.19. The number of fused-ring (bicyclic) bond motifs is 1. The molecule has 0 radical (unpaired) electrons. The van der Waals surface area contributed by atoms with Gasteiger partial charge in [0.2, 0.25) is 0 Å². The predicted molar refractivity (Wildman–Crippen MR) is 95.4 cm³/mol. The van der Waals surface area contributed by atoms with E-state index < -0.39 is 0 Å². The van der Waals surface area contributed by atoms with Crippen LogP contribution < -0.4 is 0 Å². The Hall–Kier alpha value is -2.67. The van der Waals surface area contributed by atoms with E-state index in [4.69, 9.17) is 0 Å². The molecule has 0 saturated heterocycles. The Labute approximate surface area is 149 Å². The van der Waals surface area contributed by atoms with Gasteiger partial charge in [-0.05, 0) is 24.8 Å². The second-order valence-electron chi connectivity index (χ2n) is 5.99. The third-order valence-electron chi connectivity index (χ3n) is 4.37. The van der Waals surface area contributed by atoms with Gasteiger partial charge in [-0.25, -0.2) is 15.0 Å². The van der Waals surface area contributed by atoms with Gasteiger partial charge >= 0.3 is 0 Å². The van der Waals surface area contributed by atoms with Crippen molar-refractivity contribution in [3.05, 3.63) is 58.2 Å². The molecule has 6 nitrogen and oxygen atoms in total. The Morgan fingerprint density at radius 3 is 2.76 bits per heavy atom. The smallest absolute Gasteiger partial charge is 0.274 e. The lowest BCUT2D eigenvalue weighted by Crippen LogP contribution is -2.34. The molecular formula is C18H17N5OS. The molecule has 0 aliphatic carbocycles. The van der Waals surface area contributed by atoms with Crippen molar-refractivity contribution in [2.24, 2.45) is 0 Å². The molecule has 0 N–H and O–H groups in total. The Kier molecular flexibility index (Phi) is 4.23. The van der Waals surface area contributed by atoms with Crippen molar-refractivity contribution in [1.82, 2.24) is 24.8 Å². The maximum atomic E-state index is 12.7. The maximum absolute atomic E-state index is 12.7. The van der Waals surface area contributed by atoms with Crippen LogP contribution >= 0.6 is 11.3 Å². The van der Waals surface area contributed by atoms with Crippen molar-refractivity contribution in [3.8, 4) is 11.3 Å². The van der Waals surface area contributed by atoms with Gasteiger partial charge in [-0.3, -0.25) is 9.78 Å². The number of thiophene rings is 1. The molecule has 0 bridgehead atoms. The van der Waals surface area contributed by atoms with Crippen molar-refractivity contribution >= 4 is 17.2 Å². The van der Waals surface area contributed by atoms with E-state index in [-0.39, 0.29) is 5.91 Å². The molecule has 4 heterocycles. The molecule has 1 amide bonds. The van der Waals surface area contributed by atoms with Crippen molar-refractivity contribution in [2.75, 3.05) is 13.1 Å². The summed E-state index contributed by atoms with van der Waals surface area (Å²) in [5.41, 5.74) is 5.47. The van der Waals surface area contributed by atoms with Crippen LogP contribution in [0, 0.1) is 6.92 Å². The zero-order chi connectivity index (χ0) is 17.2. The third kappa shape index (κ3) is 3.15. The molecule has 0 fully saturated rings. The van der Waals surface area contributed by atoms with Crippen LogP contribution in [-0.4, -0.2) is 43.8 Å². The summed E-state index contributed by atoms with van der Waals surface area (Å²) in [6.07, 6.45) is 6.26. The molecule has 0 unspecified atom stereocenters. The highest BCUT2D eigenvalue weighted by atomic mass is 32.1. The largest absolute Gasteiger partial charge is 0.337 e. The molecule has 1 aliphatic heterocycles. The molecule has 0 aromatic carbocycles. The monoisotopic (exact) mass is 351 g/mol. The number of aromatic nitrogens is 4. The summed E-state index contributed by atoms with van der Waals surface area (Å²) in [5.74, 6) is -0.0784. The first-order valence-electron chi connectivity index (χ1n) is 8.15. The van der Waals surface area contributed by atoms with E-state index >= 15 is 0 Å². The van der Waals surface area contributed by atoms with Crippen LogP contribution in [-0.2, 0) is 12.8 Å². The Morgan fingerprint density at radius 2 is 2.00 bits per heavy atom. The van der Waals surface area contributed by atoms with Gasteiger partial charge in [-0.1, -0.05) is 0 Å². The number of rotatable bonds is 2. The van der Waals surface area contributed by atoms with E-state index in [2.05, 4.69) is 31.4 Å². The minimum absolute atomic E-state index is 0.0784. The fraction of sp³-hybridized carbons (Fsp3) is 0.278. The minimum atomic E-state index is -0.0784. The van der Waals surface area contributed by atoms with Crippen LogP contribution in [0.2, 0.25) is 0 Å². The van der Waals surface area contributed by atoms with Gasteiger partial charge in [0.05, 0.1) is 17.6 Å². The SMILES string of the molecule is Cc1cnc(C(=O)N2CCc3ncnc(-c4ccsc4)c3CC2)cn1. The lowest BCUT2D eigenvalue weighted by molar-refractivity contribution is 0.0756. The van der Waals surface area contributed by atoms with Gasteiger partial charge in [0.1, 0.15) is 12.0 Å². The molecule has 25 heavy (non-hydrogen) atoms.